The summed E-state index contributed by atoms with van der Waals surface area (Å²) in [7, 11) is 0. The lowest BCUT2D eigenvalue weighted by atomic mass is 9.92. The summed E-state index contributed by atoms with van der Waals surface area (Å²) < 4.78 is 8.86. The van der Waals surface area contributed by atoms with E-state index in [0.717, 1.165) is 50.3 Å². The first-order chi connectivity index (χ1) is 23.7. The number of fused-ring (bicyclic) bond motifs is 5. The second-order valence-corrected chi connectivity index (χ2v) is 13.1. The fourth-order valence-corrected chi connectivity index (χ4v) is 7.86. The number of aromatic nitrogens is 3. The van der Waals surface area contributed by atoms with Gasteiger partial charge in [0, 0.05) is 47.8 Å². The standard InChI is InChI=1S/C43H25N3OS/c1-2-8-28(9-3-1)41-44-42(46-43(45-41)31-21-23-39-35(25-31)32-12-4-5-15-38(32)48-39)29-18-16-26(17-19-29)30-20-22-36-34(24-30)33-13-6-10-27-11-7-14-37(47-36)40(27)33/h1-25H. The van der Waals surface area contributed by atoms with Crippen molar-refractivity contribution >= 4 is 42.3 Å². The Morgan fingerprint density at radius 3 is 1.88 bits per heavy atom. The predicted molar refractivity (Wildman–Crippen MR) is 197 cm³/mol. The second kappa shape index (κ2) is 10.7. The van der Waals surface area contributed by atoms with Crippen LogP contribution in [0.2, 0.25) is 0 Å². The van der Waals surface area contributed by atoms with Crippen molar-refractivity contribution in [3.8, 4) is 67.9 Å². The lowest BCUT2D eigenvalue weighted by Crippen LogP contribution is -2.00. The molecule has 0 radical (unpaired) electrons. The van der Waals surface area contributed by atoms with Crippen molar-refractivity contribution in [2.75, 3.05) is 0 Å². The largest absolute Gasteiger partial charge is 0.456 e. The number of ether oxygens (including phenoxy) is 1. The predicted octanol–water partition coefficient (Wildman–Crippen LogP) is 11.8. The van der Waals surface area contributed by atoms with E-state index in [1.165, 1.54) is 31.1 Å². The average Bonchev–Trinajstić information content (AvgIpc) is 3.53. The van der Waals surface area contributed by atoms with Gasteiger partial charge in [-0.2, -0.15) is 0 Å². The van der Waals surface area contributed by atoms with Gasteiger partial charge in [0.2, 0.25) is 0 Å². The Bertz CT molecular complexity index is 2690. The highest BCUT2D eigenvalue weighted by atomic mass is 32.1. The molecule has 3 heterocycles. The Balaban J connectivity index is 1.06. The summed E-state index contributed by atoms with van der Waals surface area (Å²) in [6, 6.07) is 52.8. The molecule has 0 N–H and O–H groups in total. The van der Waals surface area contributed by atoms with Gasteiger partial charge in [0.1, 0.15) is 11.5 Å². The Labute approximate surface area is 280 Å². The Morgan fingerprint density at radius 1 is 0.396 bits per heavy atom. The van der Waals surface area contributed by atoms with Crippen LogP contribution in [0.5, 0.6) is 11.5 Å². The van der Waals surface area contributed by atoms with Crippen LogP contribution in [-0.4, -0.2) is 15.0 Å². The molecule has 10 rings (SSSR count). The summed E-state index contributed by atoms with van der Waals surface area (Å²) in [6.07, 6.45) is 0. The first-order valence-corrected chi connectivity index (χ1v) is 16.7. The van der Waals surface area contributed by atoms with Crippen molar-refractivity contribution < 1.29 is 4.74 Å². The maximum absolute atomic E-state index is 6.33. The van der Waals surface area contributed by atoms with E-state index >= 15 is 0 Å². The molecule has 0 fully saturated rings. The normalized spacial score (nSPS) is 11.9. The van der Waals surface area contributed by atoms with Gasteiger partial charge in [0.25, 0.3) is 0 Å². The zero-order chi connectivity index (χ0) is 31.6. The van der Waals surface area contributed by atoms with E-state index < -0.39 is 0 Å². The van der Waals surface area contributed by atoms with Gasteiger partial charge in [0.05, 0.1) is 0 Å². The number of nitrogens with zero attached hydrogens (tertiary/aromatic N) is 3. The molecule has 0 saturated carbocycles. The van der Waals surface area contributed by atoms with Crippen LogP contribution >= 0.6 is 11.3 Å². The number of hydrogen-bond donors (Lipinski definition) is 0. The third-order valence-corrected chi connectivity index (χ3v) is 10.3. The molecule has 9 aromatic rings. The Hall–Kier alpha value is -6.17. The molecule has 0 atom stereocenters. The zero-order valence-electron chi connectivity index (χ0n) is 25.6. The first kappa shape index (κ1) is 27.0. The summed E-state index contributed by atoms with van der Waals surface area (Å²) in [5, 5.41) is 4.81. The SMILES string of the molecule is c1ccc(-c2nc(-c3ccc(-c4ccc5c(c4)-c4cccc6cccc(c46)O5)cc3)nc(-c3ccc4sc5ccccc5c4c3)n2)cc1. The summed E-state index contributed by atoms with van der Waals surface area (Å²) in [5.74, 6) is 3.73. The van der Waals surface area contributed by atoms with E-state index in [2.05, 4.69) is 109 Å². The summed E-state index contributed by atoms with van der Waals surface area (Å²) in [6.45, 7) is 0. The van der Waals surface area contributed by atoms with Gasteiger partial charge in [0.15, 0.2) is 17.5 Å². The van der Waals surface area contributed by atoms with E-state index in [9.17, 15) is 0 Å². The highest BCUT2D eigenvalue weighted by Crippen LogP contribution is 2.47. The number of hydrogen-bond acceptors (Lipinski definition) is 5. The molecule has 0 unspecified atom stereocenters. The van der Waals surface area contributed by atoms with Gasteiger partial charge in [-0.3, -0.25) is 0 Å². The minimum Gasteiger partial charge on any atom is -0.456 e. The van der Waals surface area contributed by atoms with Gasteiger partial charge < -0.3 is 4.74 Å². The quantitative estimate of drug-likeness (QED) is 0.194. The summed E-state index contributed by atoms with van der Waals surface area (Å²) in [4.78, 5) is 15.0. The lowest BCUT2D eigenvalue weighted by Gasteiger charge is -2.22. The van der Waals surface area contributed by atoms with Crippen molar-refractivity contribution in [3.05, 3.63) is 152 Å². The third-order valence-electron chi connectivity index (χ3n) is 9.13. The number of rotatable bonds is 4. The second-order valence-electron chi connectivity index (χ2n) is 12.0. The molecule has 7 aromatic carbocycles. The molecule has 4 nitrogen and oxygen atoms in total. The van der Waals surface area contributed by atoms with Crippen LogP contribution in [0.1, 0.15) is 0 Å². The minimum atomic E-state index is 0.641. The van der Waals surface area contributed by atoms with Crippen molar-refractivity contribution in [2.24, 2.45) is 0 Å². The average molecular weight is 632 g/mol. The molecule has 0 spiro atoms. The van der Waals surface area contributed by atoms with Crippen molar-refractivity contribution in [1.29, 1.82) is 0 Å². The van der Waals surface area contributed by atoms with E-state index in [1.54, 1.807) is 0 Å². The lowest BCUT2D eigenvalue weighted by molar-refractivity contribution is 0.487. The highest BCUT2D eigenvalue weighted by molar-refractivity contribution is 7.25. The van der Waals surface area contributed by atoms with Crippen LogP contribution in [0.15, 0.2) is 152 Å². The van der Waals surface area contributed by atoms with E-state index in [-0.39, 0.29) is 0 Å². The number of thiophene rings is 1. The molecule has 0 saturated heterocycles. The molecular formula is C43H25N3OS. The van der Waals surface area contributed by atoms with Crippen LogP contribution in [0.4, 0.5) is 0 Å². The maximum atomic E-state index is 6.33. The van der Waals surface area contributed by atoms with E-state index in [0.29, 0.717) is 17.5 Å². The molecule has 0 aliphatic carbocycles. The highest BCUT2D eigenvalue weighted by Gasteiger charge is 2.20. The van der Waals surface area contributed by atoms with Crippen molar-refractivity contribution in [2.45, 2.75) is 0 Å². The molecule has 224 valence electrons. The molecular weight excluding hydrogens is 607 g/mol. The zero-order valence-corrected chi connectivity index (χ0v) is 26.4. The van der Waals surface area contributed by atoms with Gasteiger partial charge in [-0.15, -0.1) is 11.3 Å². The van der Waals surface area contributed by atoms with Crippen LogP contribution in [-0.2, 0) is 0 Å². The monoisotopic (exact) mass is 631 g/mol. The van der Waals surface area contributed by atoms with Gasteiger partial charge in [-0.1, -0.05) is 109 Å². The van der Waals surface area contributed by atoms with Gasteiger partial charge in [-0.25, -0.2) is 15.0 Å². The van der Waals surface area contributed by atoms with E-state index in [4.69, 9.17) is 19.7 Å². The summed E-state index contributed by atoms with van der Waals surface area (Å²) in [5.41, 5.74) is 7.39. The minimum absolute atomic E-state index is 0.641. The molecule has 1 aliphatic heterocycles. The molecule has 0 bridgehead atoms. The van der Waals surface area contributed by atoms with E-state index in [1.807, 2.05) is 53.8 Å². The number of benzene rings is 7. The van der Waals surface area contributed by atoms with Crippen LogP contribution in [0.25, 0.3) is 87.4 Å². The van der Waals surface area contributed by atoms with Crippen molar-refractivity contribution in [1.82, 2.24) is 15.0 Å². The molecule has 0 amide bonds. The van der Waals surface area contributed by atoms with Gasteiger partial charge in [-0.05, 0) is 64.5 Å². The summed E-state index contributed by atoms with van der Waals surface area (Å²) >= 11 is 1.81. The maximum Gasteiger partial charge on any atom is 0.164 e. The van der Waals surface area contributed by atoms with Crippen LogP contribution < -0.4 is 4.74 Å². The fourth-order valence-electron chi connectivity index (χ4n) is 6.77. The third kappa shape index (κ3) is 4.40. The Morgan fingerprint density at radius 2 is 1.04 bits per heavy atom. The smallest absolute Gasteiger partial charge is 0.164 e. The van der Waals surface area contributed by atoms with Gasteiger partial charge >= 0.3 is 0 Å². The molecule has 1 aliphatic rings. The van der Waals surface area contributed by atoms with Crippen LogP contribution in [0.3, 0.4) is 0 Å². The molecule has 48 heavy (non-hydrogen) atoms. The topological polar surface area (TPSA) is 47.9 Å². The molecule has 5 heteroatoms. The van der Waals surface area contributed by atoms with Crippen LogP contribution in [0, 0.1) is 0 Å². The molecule has 2 aromatic heterocycles. The fraction of sp³-hybridized carbons (Fsp3) is 0. The van der Waals surface area contributed by atoms with Crippen molar-refractivity contribution in [3.63, 3.8) is 0 Å². The Kier molecular flexibility index (Phi) is 6.01. The first-order valence-electron chi connectivity index (χ1n) is 15.9.